The summed E-state index contributed by atoms with van der Waals surface area (Å²) in [5, 5.41) is 0. The molecule has 0 aliphatic heterocycles. The molecule has 0 heterocycles. The summed E-state index contributed by atoms with van der Waals surface area (Å²) in [6.45, 7) is 0. The van der Waals surface area contributed by atoms with Crippen LogP contribution in [0.2, 0.25) is 0 Å². The number of hydrazine groups is 1. The minimum Gasteiger partial charge on any atom is -0.318 e. The smallest absolute Gasteiger partial charge is 0.265 e. The lowest BCUT2D eigenvalue weighted by Gasteiger charge is -2.09. The molecule has 5 nitrogen and oxygen atoms in total. The fourth-order valence-corrected chi connectivity index (χ4v) is 1.15. The van der Waals surface area contributed by atoms with Gasteiger partial charge in [-0.1, -0.05) is 18.2 Å². The first-order valence-electron chi connectivity index (χ1n) is 4.01. The van der Waals surface area contributed by atoms with Gasteiger partial charge < -0.3 is 10.5 Å². The van der Waals surface area contributed by atoms with Crippen LogP contribution in [0, 0.1) is 0 Å². The SMILES string of the molecule is NNC(=O)c1ccccc1C(N)C=O. The lowest BCUT2D eigenvalue weighted by atomic mass is 10.0. The van der Waals surface area contributed by atoms with Crippen molar-refractivity contribution >= 4 is 12.2 Å². The third-order valence-corrected chi connectivity index (χ3v) is 1.84. The van der Waals surface area contributed by atoms with Crippen molar-refractivity contribution in [2.75, 3.05) is 0 Å². The van der Waals surface area contributed by atoms with Gasteiger partial charge in [-0.2, -0.15) is 0 Å². The van der Waals surface area contributed by atoms with Crippen molar-refractivity contribution in [2.45, 2.75) is 6.04 Å². The number of hydrogen-bond donors (Lipinski definition) is 3. The van der Waals surface area contributed by atoms with Gasteiger partial charge in [0.2, 0.25) is 0 Å². The van der Waals surface area contributed by atoms with Crippen LogP contribution in [0.5, 0.6) is 0 Å². The molecular weight excluding hydrogens is 182 g/mol. The Balaban J connectivity index is 3.15. The fourth-order valence-electron chi connectivity index (χ4n) is 1.15. The molecule has 0 radical (unpaired) electrons. The highest BCUT2D eigenvalue weighted by atomic mass is 16.2. The molecule has 1 rings (SSSR count). The van der Waals surface area contributed by atoms with Crippen molar-refractivity contribution in [1.29, 1.82) is 0 Å². The number of aldehydes is 1. The second kappa shape index (κ2) is 4.50. The average Bonchev–Trinajstić information content (AvgIpc) is 2.27. The number of carbonyl (C=O) groups excluding carboxylic acids is 2. The maximum atomic E-state index is 11.2. The van der Waals surface area contributed by atoms with Gasteiger partial charge in [0.05, 0.1) is 6.04 Å². The van der Waals surface area contributed by atoms with E-state index < -0.39 is 11.9 Å². The number of nitrogen functional groups attached to an aromatic ring is 1. The first-order chi connectivity index (χ1) is 6.70. The van der Waals surface area contributed by atoms with E-state index in [4.69, 9.17) is 11.6 Å². The van der Waals surface area contributed by atoms with Gasteiger partial charge in [0.25, 0.3) is 5.91 Å². The number of benzene rings is 1. The second-order valence-electron chi connectivity index (χ2n) is 2.72. The first-order valence-corrected chi connectivity index (χ1v) is 4.01. The molecule has 1 aromatic carbocycles. The topological polar surface area (TPSA) is 98.2 Å². The molecule has 0 spiro atoms. The third-order valence-electron chi connectivity index (χ3n) is 1.84. The van der Waals surface area contributed by atoms with E-state index in [1.54, 1.807) is 24.3 Å². The van der Waals surface area contributed by atoms with Gasteiger partial charge in [-0.3, -0.25) is 10.2 Å². The average molecular weight is 193 g/mol. The molecule has 0 fully saturated rings. The van der Waals surface area contributed by atoms with Crippen LogP contribution in [-0.2, 0) is 4.79 Å². The minimum atomic E-state index is -0.802. The zero-order valence-electron chi connectivity index (χ0n) is 7.44. The van der Waals surface area contributed by atoms with E-state index in [1.807, 2.05) is 5.43 Å². The van der Waals surface area contributed by atoms with Crippen LogP contribution in [0.1, 0.15) is 22.0 Å². The summed E-state index contributed by atoms with van der Waals surface area (Å²) in [6, 6.07) is 5.74. The van der Waals surface area contributed by atoms with Gasteiger partial charge in [-0.25, -0.2) is 5.84 Å². The summed E-state index contributed by atoms with van der Waals surface area (Å²) >= 11 is 0. The Bertz CT molecular complexity index is 352. The van der Waals surface area contributed by atoms with Gasteiger partial charge in [-0.15, -0.1) is 0 Å². The number of hydrogen-bond acceptors (Lipinski definition) is 4. The number of nitrogens with two attached hydrogens (primary N) is 2. The van der Waals surface area contributed by atoms with E-state index in [0.29, 0.717) is 17.4 Å². The first kappa shape index (κ1) is 10.4. The van der Waals surface area contributed by atoms with E-state index in [-0.39, 0.29) is 0 Å². The predicted octanol–water partition coefficient (Wildman–Crippen LogP) is -0.511. The minimum absolute atomic E-state index is 0.314. The van der Waals surface area contributed by atoms with Crippen LogP contribution in [0.3, 0.4) is 0 Å². The van der Waals surface area contributed by atoms with Gasteiger partial charge in [-0.05, 0) is 11.6 Å². The number of rotatable bonds is 3. The summed E-state index contributed by atoms with van der Waals surface area (Å²) in [4.78, 5) is 21.7. The molecule has 1 amide bonds. The summed E-state index contributed by atoms with van der Waals surface area (Å²) < 4.78 is 0. The Morgan fingerprint density at radius 1 is 1.43 bits per heavy atom. The molecule has 0 aromatic heterocycles. The summed E-state index contributed by atoms with van der Waals surface area (Å²) in [5.74, 6) is 4.53. The van der Waals surface area contributed by atoms with Gasteiger partial charge in [0, 0.05) is 5.56 Å². The predicted molar refractivity (Wildman–Crippen MR) is 51.1 cm³/mol. The van der Waals surface area contributed by atoms with Gasteiger partial charge in [0.1, 0.15) is 6.29 Å². The highest BCUT2D eigenvalue weighted by Gasteiger charge is 2.14. The van der Waals surface area contributed by atoms with Crippen LogP contribution < -0.4 is 17.0 Å². The lowest BCUT2D eigenvalue weighted by molar-refractivity contribution is -0.109. The normalized spacial score (nSPS) is 11.9. The monoisotopic (exact) mass is 193 g/mol. The van der Waals surface area contributed by atoms with E-state index in [0.717, 1.165) is 0 Å². The zero-order chi connectivity index (χ0) is 10.6. The Morgan fingerprint density at radius 3 is 2.64 bits per heavy atom. The number of nitrogens with one attached hydrogen (secondary N) is 1. The Hall–Kier alpha value is -1.72. The summed E-state index contributed by atoms with van der Waals surface area (Å²) in [6.07, 6.45) is 0.572. The van der Waals surface area contributed by atoms with Crippen molar-refractivity contribution in [2.24, 2.45) is 11.6 Å². The maximum Gasteiger partial charge on any atom is 0.265 e. The van der Waals surface area contributed by atoms with Crippen molar-refractivity contribution in [3.63, 3.8) is 0 Å². The van der Waals surface area contributed by atoms with Crippen LogP contribution in [0.25, 0.3) is 0 Å². The molecule has 0 aliphatic rings. The molecule has 1 aromatic rings. The van der Waals surface area contributed by atoms with Crippen molar-refractivity contribution in [1.82, 2.24) is 5.43 Å². The molecule has 0 bridgehead atoms. The van der Waals surface area contributed by atoms with Crippen LogP contribution in [0.15, 0.2) is 24.3 Å². The van der Waals surface area contributed by atoms with E-state index >= 15 is 0 Å². The maximum absolute atomic E-state index is 11.2. The quantitative estimate of drug-likeness (QED) is 0.260. The molecule has 1 atom stereocenters. The van der Waals surface area contributed by atoms with E-state index in [9.17, 15) is 9.59 Å². The number of carbonyl (C=O) groups is 2. The van der Waals surface area contributed by atoms with Gasteiger partial charge >= 0.3 is 0 Å². The Kier molecular flexibility index (Phi) is 3.33. The molecular formula is C9H11N3O2. The molecule has 0 aliphatic carbocycles. The third kappa shape index (κ3) is 1.95. The molecule has 14 heavy (non-hydrogen) atoms. The molecule has 5 heteroatoms. The van der Waals surface area contributed by atoms with Crippen LogP contribution >= 0.6 is 0 Å². The summed E-state index contributed by atoms with van der Waals surface area (Å²) in [7, 11) is 0. The highest BCUT2D eigenvalue weighted by Crippen LogP contribution is 2.14. The molecule has 74 valence electrons. The molecule has 0 saturated carbocycles. The second-order valence-corrected chi connectivity index (χ2v) is 2.72. The van der Waals surface area contributed by atoms with E-state index in [2.05, 4.69) is 0 Å². The molecule has 0 saturated heterocycles. The summed E-state index contributed by atoms with van der Waals surface area (Å²) in [5.41, 5.74) is 8.27. The standard InChI is InChI=1S/C9H11N3O2/c10-8(5-13)6-3-1-2-4-7(6)9(14)12-11/h1-5,8H,10-11H2,(H,12,14). The van der Waals surface area contributed by atoms with Gasteiger partial charge in [0.15, 0.2) is 0 Å². The lowest BCUT2D eigenvalue weighted by Crippen LogP contribution is -2.31. The largest absolute Gasteiger partial charge is 0.318 e. The van der Waals surface area contributed by atoms with Crippen molar-refractivity contribution in [3.05, 3.63) is 35.4 Å². The van der Waals surface area contributed by atoms with Crippen molar-refractivity contribution < 1.29 is 9.59 Å². The Labute approximate surface area is 81.0 Å². The molecule has 5 N–H and O–H groups in total. The highest BCUT2D eigenvalue weighted by molar-refractivity contribution is 5.96. The van der Waals surface area contributed by atoms with Crippen molar-refractivity contribution in [3.8, 4) is 0 Å². The molecule has 1 unspecified atom stereocenters. The zero-order valence-corrected chi connectivity index (χ0v) is 7.44. The fraction of sp³-hybridized carbons (Fsp3) is 0.111. The number of amides is 1. The van der Waals surface area contributed by atoms with E-state index in [1.165, 1.54) is 0 Å². The Morgan fingerprint density at radius 2 is 2.07 bits per heavy atom. The van der Waals surface area contributed by atoms with Crippen LogP contribution in [0.4, 0.5) is 0 Å². The van der Waals surface area contributed by atoms with Crippen LogP contribution in [-0.4, -0.2) is 12.2 Å².